The summed E-state index contributed by atoms with van der Waals surface area (Å²) in [5.41, 5.74) is 0. The molecule has 0 saturated carbocycles. The van der Waals surface area contributed by atoms with Gasteiger partial charge in [0.2, 0.25) is 0 Å². The standard InChI is InChI=1S/C4H11N.2ClH.Ti/c1-3-5-4-2;;;/h5H,3-4H2,1-2H3;2*1H;. The van der Waals surface area contributed by atoms with E-state index in [0.29, 0.717) is 0 Å². The van der Waals surface area contributed by atoms with Gasteiger partial charge in [0.1, 0.15) is 0 Å². The van der Waals surface area contributed by atoms with Crippen molar-refractivity contribution >= 4 is 24.8 Å². The van der Waals surface area contributed by atoms with Crippen molar-refractivity contribution in [1.29, 1.82) is 0 Å². The normalized spacial score (nSPS) is 5.25. The molecule has 0 spiro atoms. The third kappa shape index (κ3) is 26.8. The number of halogens is 2. The van der Waals surface area contributed by atoms with Crippen LogP contribution in [0.15, 0.2) is 0 Å². The Morgan fingerprint density at radius 1 is 1.00 bits per heavy atom. The average Bonchev–Trinajstić information content (AvgIpc) is 1.41. The molecule has 8 heavy (non-hydrogen) atoms. The van der Waals surface area contributed by atoms with Crippen molar-refractivity contribution in [2.75, 3.05) is 13.1 Å². The molecule has 1 N–H and O–H groups in total. The van der Waals surface area contributed by atoms with Crippen LogP contribution in [0.5, 0.6) is 0 Å². The Morgan fingerprint density at radius 3 is 1.25 bits per heavy atom. The van der Waals surface area contributed by atoms with Crippen LogP contribution in [-0.4, -0.2) is 13.1 Å². The second kappa shape index (κ2) is 24.0. The molecule has 0 atom stereocenters. The van der Waals surface area contributed by atoms with Crippen molar-refractivity contribution in [1.82, 2.24) is 5.32 Å². The smallest absolute Gasteiger partial charge is 0 e. The molecule has 0 radical (unpaired) electrons. The van der Waals surface area contributed by atoms with Crippen LogP contribution in [0, 0.1) is 0 Å². The van der Waals surface area contributed by atoms with E-state index in [-0.39, 0.29) is 46.5 Å². The van der Waals surface area contributed by atoms with Crippen molar-refractivity contribution in [2.24, 2.45) is 0 Å². The molecule has 1 nitrogen and oxygen atoms in total. The van der Waals surface area contributed by atoms with Crippen molar-refractivity contribution in [3.8, 4) is 0 Å². The molecule has 0 aromatic carbocycles. The Morgan fingerprint density at radius 2 is 1.25 bits per heavy atom. The summed E-state index contributed by atoms with van der Waals surface area (Å²) in [6, 6.07) is 0. The fourth-order valence-electron chi connectivity index (χ4n) is 0.250. The SMILES string of the molecule is CCNCC.Cl.Cl.[Ti]. The van der Waals surface area contributed by atoms with E-state index in [2.05, 4.69) is 19.2 Å². The van der Waals surface area contributed by atoms with Gasteiger partial charge in [-0.25, -0.2) is 0 Å². The minimum atomic E-state index is 0. The molecular weight excluding hydrogens is 181 g/mol. The second-order valence-electron chi connectivity index (χ2n) is 0.957. The third-order valence-electron chi connectivity index (χ3n) is 0.500. The van der Waals surface area contributed by atoms with Gasteiger partial charge in [-0.15, -0.1) is 24.8 Å². The Kier molecular flexibility index (Phi) is 68.5. The molecule has 0 bridgehead atoms. The molecule has 0 saturated heterocycles. The van der Waals surface area contributed by atoms with E-state index in [1.165, 1.54) is 0 Å². The number of hydrogen-bond donors (Lipinski definition) is 1. The summed E-state index contributed by atoms with van der Waals surface area (Å²) in [5, 5.41) is 3.11. The van der Waals surface area contributed by atoms with Gasteiger partial charge in [-0.2, -0.15) is 0 Å². The van der Waals surface area contributed by atoms with E-state index in [1.54, 1.807) is 0 Å². The first-order valence-electron chi connectivity index (χ1n) is 2.12. The zero-order valence-corrected chi connectivity index (χ0v) is 8.43. The van der Waals surface area contributed by atoms with Crippen LogP contribution in [0.4, 0.5) is 0 Å². The fourth-order valence-corrected chi connectivity index (χ4v) is 0.250. The molecule has 0 amide bonds. The van der Waals surface area contributed by atoms with E-state index < -0.39 is 0 Å². The number of hydrogen-bond acceptors (Lipinski definition) is 1. The molecule has 0 fully saturated rings. The Hall–Kier alpha value is 1.25. The summed E-state index contributed by atoms with van der Waals surface area (Å²) >= 11 is 0. The van der Waals surface area contributed by atoms with Crippen LogP contribution in [-0.2, 0) is 21.7 Å². The maximum absolute atomic E-state index is 3.11. The van der Waals surface area contributed by atoms with Crippen LogP contribution < -0.4 is 5.32 Å². The van der Waals surface area contributed by atoms with Crippen molar-refractivity contribution in [3.05, 3.63) is 0 Å². The zero-order chi connectivity index (χ0) is 4.12. The fraction of sp³-hybridized carbons (Fsp3) is 1.00. The predicted octanol–water partition coefficient (Wildman–Crippen LogP) is 1.46. The van der Waals surface area contributed by atoms with Crippen LogP contribution in [0.2, 0.25) is 0 Å². The first kappa shape index (κ1) is 22.8. The van der Waals surface area contributed by atoms with Gasteiger partial charge in [-0.1, -0.05) is 13.8 Å². The largest absolute Gasteiger partial charge is 0.317 e. The molecule has 0 aromatic heterocycles. The Bertz CT molecular complexity index is 21.5. The minimum absolute atomic E-state index is 0. The monoisotopic (exact) mass is 193 g/mol. The Balaban J connectivity index is -0.0000000267. The Labute approximate surface area is 78.7 Å². The molecule has 4 heteroatoms. The van der Waals surface area contributed by atoms with E-state index >= 15 is 0 Å². The molecule has 0 unspecified atom stereocenters. The van der Waals surface area contributed by atoms with Gasteiger partial charge in [0, 0.05) is 21.7 Å². The molecule has 0 aromatic rings. The molecule has 0 aliphatic carbocycles. The van der Waals surface area contributed by atoms with E-state index in [1.807, 2.05) is 0 Å². The van der Waals surface area contributed by atoms with Crippen LogP contribution in [0.25, 0.3) is 0 Å². The molecule has 0 heterocycles. The quantitative estimate of drug-likeness (QED) is 0.656. The van der Waals surface area contributed by atoms with E-state index in [4.69, 9.17) is 0 Å². The second-order valence-corrected chi connectivity index (χ2v) is 0.957. The van der Waals surface area contributed by atoms with Crippen LogP contribution in [0.1, 0.15) is 13.8 Å². The van der Waals surface area contributed by atoms with Crippen LogP contribution >= 0.6 is 24.8 Å². The predicted molar refractivity (Wildman–Crippen MR) is 38.7 cm³/mol. The van der Waals surface area contributed by atoms with Crippen molar-refractivity contribution < 1.29 is 21.7 Å². The number of nitrogens with one attached hydrogen (secondary N) is 1. The van der Waals surface area contributed by atoms with Gasteiger partial charge >= 0.3 is 0 Å². The van der Waals surface area contributed by atoms with Gasteiger partial charge < -0.3 is 5.32 Å². The van der Waals surface area contributed by atoms with Gasteiger partial charge in [0.05, 0.1) is 0 Å². The third-order valence-corrected chi connectivity index (χ3v) is 0.500. The molecule has 52 valence electrons. The minimum Gasteiger partial charge on any atom is -0.317 e. The summed E-state index contributed by atoms with van der Waals surface area (Å²) in [6.07, 6.45) is 0. The summed E-state index contributed by atoms with van der Waals surface area (Å²) < 4.78 is 0. The summed E-state index contributed by atoms with van der Waals surface area (Å²) in [7, 11) is 0. The molecule has 0 rings (SSSR count). The van der Waals surface area contributed by atoms with E-state index in [0.717, 1.165) is 13.1 Å². The van der Waals surface area contributed by atoms with Gasteiger partial charge in [-0.3, -0.25) is 0 Å². The van der Waals surface area contributed by atoms with E-state index in [9.17, 15) is 0 Å². The molecule has 0 aliphatic rings. The first-order chi connectivity index (χ1) is 2.41. The zero-order valence-electron chi connectivity index (χ0n) is 5.23. The number of rotatable bonds is 2. The van der Waals surface area contributed by atoms with Crippen molar-refractivity contribution in [3.63, 3.8) is 0 Å². The average molecular weight is 194 g/mol. The maximum Gasteiger partial charge on any atom is 0 e. The summed E-state index contributed by atoms with van der Waals surface area (Å²) in [4.78, 5) is 0. The molecular formula is C4H13Cl2NTi. The van der Waals surface area contributed by atoms with Gasteiger partial charge in [0.25, 0.3) is 0 Å². The van der Waals surface area contributed by atoms with Gasteiger partial charge in [0.15, 0.2) is 0 Å². The maximum atomic E-state index is 3.11. The summed E-state index contributed by atoms with van der Waals surface area (Å²) in [5.74, 6) is 0. The first-order valence-corrected chi connectivity index (χ1v) is 2.12. The topological polar surface area (TPSA) is 12.0 Å². The summed E-state index contributed by atoms with van der Waals surface area (Å²) in [6.45, 7) is 6.39. The van der Waals surface area contributed by atoms with Gasteiger partial charge in [-0.05, 0) is 13.1 Å². The van der Waals surface area contributed by atoms with Crippen molar-refractivity contribution in [2.45, 2.75) is 13.8 Å². The van der Waals surface area contributed by atoms with Crippen LogP contribution in [0.3, 0.4) is 0 Å². The molecule has 0 aliphatic heterocycles.